The van der Waals surface area contributed by atoms with Crippen molar-refractivity contribution in [2.75, 3.05) is 6.54 Å². The van der Waals surface area contributed by atoms with Gasteiger partial charge in [-0.3, -0.25) is 4.99 Å². The van der Waals surface area contributed by atoms with Gasteiger partial charge < -0.3 is 5.32 Å². The molecule has 1 aliphatic carbocycles. The molecule has 1 N–H and O–H groups in total. The molecule has 2 heteroatoms. The molecular weight excluding hydrogens is 172 g/mol. The summed E-state index contributed by atoms with van der Waals surface area (Å²) in [5, 5.41) is 3.63. The van der Waals surface area contributed by atoms with Gasteiger partial charge in [0.1, 0.15) is 0 Å². The standard InChI is InChI=1S/C12H22N2/c1-10-5-7-11(8-6-10)14-12-4-2-3-9-13-12/h10-11H,2-9H2,1H3,(H,13,14). The van der Waals surface area contributed by atoms with Crippen LogP contribution in [-0.4, -0.2) is 18.4 Å². The average molecular weight is 194 g/mol. The lowest BCUT2D eigenvalue weighted by Gasteiger charge is -2.29. The fourth-order valence-electron chi connectivity index (χ4n) is 2.46. The molecule has 0 amide bonds. The lowest BCUT2D eigenvalue weighted by atomic mass is 9.87. The molecule has 2 aliphatic rings. The van der Waals surface area contributed by atoms with E-state index in [0.717, 1.165) is 18.5 Å². The molecule has 2 nitrogen and oxygen atoms in total. The van der Waals surface area contributed by atoms with Gasteiger partial charge in [0.2, 0.25) is 0 Å². The molecule has 80 valence electrons. The van der Waals surface area contributed by atoms with Crippen molar-refractivity contribution in [1.29, 1.82) is 0 Å². The van der Waals surface area contributed by atoms with Crippen LogP contribution in [0.15, 0.2) is 4.99 Å². The summed E-state index contributed by atoms with van der Waals surface area (Å²) in [6, 6.07) is 0.725. The van der Waals surface area contributed by atoms with E-state index in [1.54, 1.807) is 0 Å². The van der Waals surface area contributed by atoms with Gasteiger partial charge in [-0.15, -0.1) is 0 Å². The first-order chi connectivity index (χ1) is 6.84. The minimum atomic E-state index is 0.725. The molecule has 1 aliphatic heterocycles. The SMILES string of the molecule is CC1CCC(NC2=NCCCC2)CC1. The highest BCUT2D eigenvalue weighted by Crippen LogP contribution is 2.23. The highest BCUT2D eigenvalue weighted by atomic mass is 15.0. The van der Waals surface area contributed by atoms with Crippen LogP contribution >= 0.6 is 0 Å². The lowest BCUT2D eigenvalue weighted by molar-refractivity contribution is 0.329. The summed E-state index contributed by atoms with van der Waals surface area (Å²) in [4.78, 5) is 4.55. The Balaban J connectivity index is 1.77. The Morgan fingerprint density at radius 1 is 1.14 bits per heavy atom. The topological polar surface area (TPSA) is 24.4 Å². The van der Waals surface area contributed by atoms with E-state index in [0.29, 0.717) is 0 Å². The number of nitrogens with one attached hydrogen (secondary N) is 1. The van der Waals surface area contributed by atoms with Gasteiger partial charge in [0.15, 0.2) is 0 Å². The molecule has 0 unspecified atom stereocenters. The number of aliphatic imine (C=N–C) groups is 1. The minimum Gasteiger partial charge on any atom is -0.371 e. The zero-order valence-corrected chi connectivity index (χ0v) is 9.26. The van der Waals surface area contributed by atoms with E-state index in [2.05, 4.69) is 17.2 Å². The second-order valence-electron chi connectivity index (χ2n) is 4.89. The van der Waals surface area contributed by atoms with E-state index in [4.69, 9.17) is 0 Å². The first-order valence-electron chi connectivity index (χ1n) is 6.14. The monoisotopic (exact) mass is 194 g/mol. The van der Waals surface area contributed by atoms with Crippen LogP contribution in [0.3, 0.4) is 0 Å². The predicted molar refractivity (Wildman–Crippen MR) is 60.7 cm³/mol. The van der Waals surface area contributed by atoms with Gasteiger partial charge in [0.25, 0.3) is 0 Å². The van der Waals surface area contributed by atoms with Gasteiger partial charge in [-0.1, -0.05) is 6.92 Å². The molecule has 1 heterocycles. The van der Waals surface area contributed by atoms with Crippen LogP contribution in [-0.2, 0) is 0 Å². The van der Waals surface area contributed by atoms with Gasteiger partial charge in [0, 0.05) is 19.0 Å². The second kappa shape index (κ2) is 4.81. The highest BCUT2D eigenvalue weighted by Gasteiger charge is 2.19. The van der Waals surface area contributed by atoms with Crippen molar-refractivity contribution in [3.63, 3.8) is 0 Å². The van der Waals surface area contributed by atoms with E-state index >= 15 is 0 Å². The van der Waals surface area contributed by atoms with Gasteiger partial charge in [0.05, 0.1) is 5.84 Å². The van der Waals surface area contributed by atoms with Gasteiger partial charge in [-0.25, -0.2) is 0 Å². The Kier molecular flexibility index (Phi) is 3.44. The number of rotatable bonds is 1. The Bertz CT molecular complexity index is 202. The summed E-state index contributed by atoms with van der Waals surface area (Å²) in [7, 11) is 0. The van der Waals surface area contributed by atoms with E-state index < -0.39 is 0 Å². The molecule has 0 atom stereocenters. The van der Waals surface area contributed by atoms with Crippen molar-refractivity contribution < 1.29 is 0 Å². The number of amidine groups is 1. The maximum atomic E-state index is 4.55. The molecule has 14 heavy (non-hydrogen) atoms. The highest BCUT2D eigenvalue weighted by molar-refractivity contribution is 5.82. The molecule has 0 spiro atoms. The summed E-state index contributed by atoms with van der Waals surface area (Å²) >= 11 is 0. The third-order valence-electron chi connectivity index (χ3n) is 3.51. The zero-order valence-electron chi connectivity index (χ0n) is 9.26. The second-order valence-corrected chi connectivity index (χ2v) is 4.89. The number of hydrogen-bond acceptors (Lipinski definition) is 2. The first kappa shape index (κ1) is 10.0. The Labute approximate surface area is 87.2 Å². The largest absolute Gasteiger partial charge is 0.371 e. The minimum absolute atomic E-state index is 0.725. The predicted octanol–water partition coefficient (Wildman–Crippen LogP) is 2.74. The lowest BCUT2D eigenvalue weighted by Crippen LogP contribution is -2.38. The van der Waals surface area contributed by atoms with Crippen LogP contribution in [0.4, 0.5) is 0 Å². The maximum Gasteiger partial charge on any atom is 0.0965 e. The quantitative estimate of drug-likeness (QED) is 0.682. The number of nitrogens with zero attached hydrogens (tertiary/aromatic N) is 1. The Hall–Kier alpha value is -0.530. The van der Waals surface area contributed by atoms with Crippen molar-refractivity contribution in [3.8, 4) is 0 Å². The van der Waals surface area contributed by atoms with Crippen molar-refractivity contribution in [2.24, 2.45) is 10.9 Å². The van der Waals surface area contributed by atoms with Crippen LogP contribution in [0.1, 0.15) is 51.9 Å². The van der Waals surface area contributed by atoms with Crippen LogP contribution in [0.25, 0.3) is 0 Å². The molecule has 0 aromatic rings. The molecule has 1 fully saturated rings. The van der Waals surface area contributed by atoms with E-state index in [-0.39, 0.29) is 0 Å². The molecule has 1 saturated carbocycles. The smallest absolute Gasteiger partial charge is 0.0965 e. The third kappa shape index (κ3) is 2.73. The van der Waals surface area contributed by atoms with Crippen LogP contribution in [0.5, 0.6) is 0 Å². The normalized spacial score (nSPS) is 33.6. The zero-order chi connectivity index (χ0) is 9.80. The van der Waals surface area contributed by atoms with Crippen molar-refractivity contribution in [3.05, 3.63) is 0 Å². The summed E-state index contributed by atoms with van der Waals surface area (Å²) in [5.41, 5.74) is 0. The van der Waals surface area contributed by atoms with Gasteiger partial charge in [-0.05, 0) is 44.4 Å². The fourth-order valence-corrected chi connectivity index (χ4v) is 2.46. The molecule has 0 saturated heterocycles. The molecule has 0 aromatic heterocycles. The van der Waals surface area contributed by atoms with E-state index in [1.165, 1.54) is 50.8 Å². The van der Waals surface area contributed by atoms with E-state index in [9.17, 15) is 0 Å². The molecular formula is C12H22N2. The molecule has 2 rings (SSSR count). The van der Waals surface area contributed by atoms with Crippen LogP contribution in [0.2, 0.25) is 0 Å². The first-order valence-corrected chi connectivity index (χ1v) is 6.14. The fraction of sp³-hybridized carbons (Fsp3) is 0.917. The van der Waals surface area contributed by atoms with Crippen molar-refractivity contribution in [1.82, 2.24) is 5.32 Å². The average Bonchev–Trinajstić information content (AvgIpc) is 2.23. The van der Waals surface area contributed by atoms with Crippen LogP contribution in [0, 0.1) is 5.92 Å². The molecule has 0 bridgehead atoms. The van der Waals surface area contributed by atoms with Crippen molar-refractivity contribution in [2.45, 2.75) is 57.9 Å². The van der Waals surface area contributed by atoms with Crippen LogP contribution < -0.4 is 5.32 Å². The maximum absolute atomic E-state index is 4.55. The third-order valence-corrected chi connectivity index (χ3v) is 3.51. The number of hydrogen-bond donors (Lipinski definition) is 1. The Morgan fingerprint density at radius 2 is 1.93 bits per heavy atom. The summed E-state index contributed by atoms with van der Waals surface area (Å²) < 4.78 is 0. The summed E-state index contributed by atoms with van der Waals surface area (Å²) in [6.45, 7) is 3.42. The van der Waals surface area contributed by atoms with Gasteiger partial charge in [-0.2, -0.15) is 0 Å². The molecule has 0 aromatic carbocycles. The Morgan fingerprint density at radius 3 is 2.57 bits per heavy atom. The van der Waals surface area contributed by atoms with Gasteiger partial charge >= 0.3 is 0 Å². The summed E-state index contributed by atoms with van der Waals surface area (Å²) in [5.74, 6) is 2.23. The van der Waals surface area contributed by atoms with Crippen molar-refractivity contribution >= 4 is 5.84 Å². The summed E-state index contributed by atoms with van der Waals surface area (Å²) in [6.07, 6.45) is 9.28. The molecule has 0 radical (unpaired) electrons. The van der Waals surface area contributed by atoms with E-state index in [1.807, 2.05) is 0 Å².